The third kappa shape index (κ3) is 4.59. The molecule has 29 heavy (non-hydrogen) atoms. The summed E-state index contributed by atoms with van der Waals surface area (Å²) in [6, 6.07) is 5.91. The van der Waals surface area contributed by atoms with Crippen LogP contribution in [0.25, 0.3) is 5.76 Å². The maximum Gasteiger partial charge on any atom is 0.311 e. The molecule has 0 spiro atoms. The summed E-state index contributed by atoms with van der Waals surface area (Å²) in [5, 5.41) is 40.0. The van der Waals surface area contributed by atoms with E-state index < -0.39 is 50.8 Å². The van der Waals surface area contributed by atoms with E-state index in [1.54, 1.807) is 0 Å². The van der Waals surface area contributed by atoms with Crippen molar-refractivity contribution in [2.75, 3.05) is 7.05 Å². The van der Waals surface area contributed by atoms with Gasteiger partial charge < -0.3 is 15.1 Å². The maximum atomic E-state index is 14.1. The van der Waals surface area contributed by atoms with Gasteiger partial charge in [-0.3, -0.25) is 14.9 Å². The predicted octanol–water partition coefficient (Wildman–Crippen LogP) is 3.68. The number of nitro benzene ring substituents is 1. The molecule has 0 saturated heterocycles. The normalized spacial score (nSPS) is 11.4. The molecule has 2 aromatic rings. The number of rotatable bonds is 5. The molecule has 0 saturated carbocycles. The molecule has 0 fully saturated rings. The first-order valence-electron chi connectivity index (χ1n) is 7.76. The minimum atomic E-state index is -1.30. The number of aliphatic hydroxyl groups is 1. The van der Waals surface area contributed by atoms with E-state index in [1.807, 2.05) is 0 Å². The number of halogens is 3. The number of benzene rings is 2. The second-order valence-corrected chi connectivity index (χ2v) is 6.25. The van der Waals surface area contributed by atoms with Crippen LogP contribution in [0.15, 0.2) is 35.9 Å². The van der Waals surface area contributed by atoms with Gasteiger partial charge in [0.1, 0.15) is 23.5 Å². The smallest absolute Gasteiger partial charge is 0.311 e. The second kappa shape index (κ2) is 8.53. The van der Waals surface area contributed by atoms with E-state index >= 15 is 0 Å². The topological polar surface area (TPSA) is 128 Å². The minimum absolute atomic E-state index is 0.0246. The molecule has 0 unspecified atom stereocenters. The molecule has 1 amide bonds. The van der Waals surface area contributed by atoms with E-state index in [0.29, 0.717) is 12.1 Å². The van der Waals surface area contributed by atoms with E-state index in [2.05, 4.69) is 0 Å². The summed E-state index contributed by atoms with van der Waals surface area (Å²) >= 11 is 5.78. The zero-order chi connectivity index (χ0) is 21.9. The van der Waals surface area contributed by atoms with Gasteiger partial charge in [0.2, 0.25) is 0 Å². The molecule has 2 aromatic carbocycles. The van der Waals surface area contributed by atoms with E-state index in [9.17, 15) is 39.2 Å². The molecular formula is C18H12ClF2N3O5. The van der Waals surface area contributed by atoms with Crippen molar-refractivity contribution in [3.63, 3.8) is 0 Å². The molecule has 0 radical (unpaired) electrons. The third-order valence-electron chi connectivity index (χ3n) is 3.84. The lowest BCUT2D eigenvalue weighted by Gasteiger charge is -2.18. The largest absolute Gasteiger partial charge is 0.506 e. The lowest BCUT2D eigenvalue weighted by atomic mass is 10.1. The first-order chi connectivity index (χ1) is 13.6. The number of hydrogen-bond acceptors (Lipinski definition) is 6. The molecular weight excluding hydrogens is 412 g/mol. The van der Waals surface area contributed by atoms with Crippen LogP contribution in [0.4, 0.5) is 14.5 Å². The summed E-state index contributed by atoms with van der Waals surface area (Å²) in [6.45, 7) is -0.331. The van der Waals surface area contributed by atoms with Gasteiger partial charge in [-0.05, 0) is 18.2 Å². The molecule has 0 aliphatic carbocycles. The van der Waals surface area contributed by atoms with Crippen molar-refractivity contribution < 1.29 is 28.7 Å². The van der Waals surface area contributed by atoms with Crippen LogP contribution in [-0.2, 0) is 11.3 Å². The molecule has 0 bridgehead atoms. The number of carbonyl (C=O) groups is 1. The van der Waals surface area contributed by atoms with E-state index in [1.165, 1.54) is 25.2 Å². The number of nitriles is 1. The average molecular weight is 424 g/mol. The van der Waals surface area contributed by atoms with Crippen LogP contribution < -0.4 is 0 Å². The number of phenolic OH excluding ortho intramolecular Hbond substituents is 1. The second-order valence-electron chi connectivity index (χ2n) is 5.81. The van der Waals surface area contributed by atoms with E-state index in [4.69, 9.17) is 11.6 Å². The van der Waals surface area contributed by atoms with Crippen molar-refractivity contribution >= 4 is 29.0 Å². The number of nitro groups is 1. The Balaban J connectivity index is 2.45. The molecule has 0 aromatic heterocycles. The van der Waals surface area contributed by atoms with Crippen molar-refractivity contribution in [3.8, 4) is 11.8 Å². The SMILES string of the molecule is CN(Cc1cc(Cl)ccc1F)C(=O)/C(C#N)=C(\O)c1cc([N+](=O)[O-])c(O)cc1F. The Morgan fingerprint density at radius 1 is 1.31 bits per heavy atom. The van der Waals surface area contributed by atoms with Crippen molar-refractivity contribution in [3.05, 3.63) is 73.8 Å². The number of phenols is 1. The van der Waals surface area contributed by atoms with Gasteiger partial charge >= 0.3 is 5.69 Å². The quantitative estimate of drug-likeness (QED) is 0.248. The monoisotopic (exact) mass is 423 g/mol. The van der Waals surface area contributed by atoms with Crippen molar-refractivity contribution in [1.29, 1.82) is 5.26 Å². The lowest BCUT2D eigenvalue weighted by Crippen LogP contribution is -2.28. The highest BCUT2D eigenvalue weighted by atomic mass is 35.5. The van der Waals surface area contributed by atoms with Crippen LogP contribution in [0.1, 0.15) is 11.1 Å². The summed E-state index contributed by atoms with van der Waals surface area (Å²) in [5.74, 6) is -5.23. The Morgan fingerprint density at radius 2 is 1.97 bits per heavy atom. The maximum absolute atomic E-state index is 14.1. The molecule has 2 rings (SSSR count). The summed E-state index contributed by atoms with van der Waals surface area (Å²) in [5.41, 5.74) is -2.68. The molecule has 0 aliphatic heterocycles. The Bertz CT molecular complexity index is 1080. The Labute approximate surface area is 167 Å². The van der Waals surface area contributed by atoms with Gasteiger partial charge in [-0.1, -0.05) is 11.6 Å². The van der Waals surface area contributed by atoms with Crippen molar-refractivity contribution in [2.24, 2.45) is 0 Å². The van der Waals surface area contributed by atoms with Crippen molar-refractivity contribution in [1.82, 2.24) is 4.90 Å². The minimum Gasteiger partial charge on any atom is -0.506 e. The summed E-state index contributed by atoms with van der Waals surface area (Å²) in [7, 11) is 1.20. The fourth-order valence-corrected chi connectivity index (χ4v) is 2.59. The summed E-state index contributed by atoms with van der Waals surface area (Å²) < 4.78 is 27.9. The molecule has 11 heteroatoms. The van der Waals surface area contributed by atoms with Crippen LogP contribution in [0.3, 0.4) is 0 Å². The number of hydrogen-bond donors (Lipinski definition) is 2. The molecule has 2 N–H and O–H groups in total. The number of nitrogens with zero attached hydrogens (tertiary/aromatic N) is 3. The predicted molar refractivity (Wildman–Crippen MR) is 97.8 cm³/mol. The number of aliphatic hydroxyl groups excluding tert-OH is 1. The van der Waals surface area contributed by atoms with Gasteiger partial charge in [0.05, 0.1) is 10.5 Å². The fourth-order valence-electron chi connectivity index (χ4n) is 2.40. The van der Waals surface area contributed by atoms with Gasteiger partial charge in [-0.2, -0.15) is 5.26 Å². The number of carbonyl (C=O) groups excluding carboxylic acids is 1. The Morgan fingerprint density at radius 3 is 2.55 bits per heavy atom. The van der Waals surface area contributed by atoms with Crippen LogP contribution in [-0.4, -0.2) is 33.0 Å². The van der Waals surface area contributed by atoms with Crippen LogP contribution in [0.5, 0.6) is 5.75 Å². The first-order valence-corrected chi connectivity index (χ1v) is 8.14. The molecule has 8 nitrogen and oxygen atoms in total. The van der Waals surface area contributed by atoms with Gasteiger partial charge in [0, 0.05) is 36.3 Å². The Kier molecular flexibility index (Phi) is 6.35. The van der Waals surface area contributed by atoms with Gasteiger partial charge in [0.15, 0.2) is 11.3 Å². The van der Waals surface area contributed by atoms with Crippen LogP contribution >= 0.6 is 11.6 Å². The summed E-state index contributed by atoms with van der Waals surface area (Å²) in [4.78, 5) is 23.2. The van der Waals surface area contributed by atoms with Crippen molar-refractivity contribution in [2.45, 2.75) is 6.54 Å². The highest BCUT2D eigenvalue weighted by Crippen LogP contribution is 2.32. The molecule has 150 valence electrons. The number of aromatic hydroxyl groups is 1. The highest BCUT2D eigenvalue weighted by molar-refractivity contribution is 6.30. The van der Waals surface area contributed by atoms with E-state index in [0.717, 1.165) is 11.0 Å². The first kappa shape index (κ1) is 21.6. The van der Waals surface area contributed by atoms with Gasteiger partial charge in [-0.15, -0.1) is 0 Å². The zero-order valence-corrected chi connectivity index (χ0v) is 15.4. The van der Waals surface area contributed by atoms with Gasteiger partial charge in [-0.25, -0.2) is 8.78 Å². The summed E-state index contributed by atoms with van der Waals surface area (Å²) in [6.07, 6.45) is 0. The standard InChI is InChI=1S/C18H12ClF2N3O5/c1-23(8-9-4-10(19)2-3-13(9)20)18(27)12(7-22)17(26)11-5-15(24(28)29)16(25)6-14(11)21/h2-6,25-26H,8H2,1H3/b17-12-. The average Bonchev–Trinajstić information content (AvgIpc) is 2.64. The third-order valence-corrected chi connectivity index (χ3v) is 4.08. The molecule has 0 atom stereocenters. The molecule has 0 aliphatic rings. The van der Waals surface area contributed by atoms with E-state index in [-0.39, 0.29) is 17.1 Å². The van der Waals surface area contributed by atoms with Crippen LogP contribution in [0.2, 0.25) is 5.02 Å². The number of likely N-dealkylation sites (N-methyl/N-ethyl adjacent to an activating group) is 1. The van der Waals surface area contributed by atoms with Gasteiger partial charge in [0.25, 0.3) is 5.91 Å². The zero-order valence-electron chi connectivity index (χ0n) is 14.7. The Hall–Kier alpha value is -3.71. The lowest BCUT2D eigenvalue weighted by molar-refractivity contribution is -0.385. The highest BCUT2D eigenvalue weighted by Gasteiger charge is 2.26. The number of amides is 1. The van der Waals surface area contributed by atoms with Crippen LogP contribution in [0, 0.1) is 33.1 Å². The fraction of sp³-hybridized carbons (Fsp3) is 0.111. The molecule has 0 heterocycles.